The molecule has 2 aromatic carbocycles. The van der Waals surface area contributed by atoms with Gasteiger partial charge >= 0.3 is 0 Å². The van der Waals surface area contributed by atoms with Crippen molar-refractivity contribution in [3.8, 4) is 11.5 Å². The predicted molar refractivity (Wildman–Crippen MR) is 83.2 cm³/mol. The summed E-state index contributed by atoms with van der Waals surface area (Å²) in [6.07, 6.45) is -0.523. The molecule has 21 heavy (non-hydrogen) atoms. The van der Waals surface area contributed by atoms with E-state index in [0.29, 0.717) is 17.9 Å². The maximum absolute atomic E-state index is 12.3. The largest absolute Gasteiger partial charge is 0.494 e. The van der Waals surface area contributed by atoms with E-state index < -0.39 is 6.10 Å². The van der Waals surface area contributed by atoms with Crippen molar-refractivity contribution in [2.45, 2.75) is 26.9 Å². The molecule has 3 heteroatoms. The van der Waals surface area contributed by atoms with Gasteiger partial charge < -0.3 is 9.47 Å². The zero-order valence-electron chi connectivity index (χ0n) is 12.6. The van der Waals surface area contributed by atoms with Crippen molar-refractivity contribution in [1.29, 1.82) is 0 Å². The predicted octanol–water partition coefficient (Wildman–Crippen LogP) is 4.04. The molecule has 0 heterocycles. The maximum Gasteiger partial charge on any atom is 0.202 e. The Kier molecular flexibility index (Phi) is 4.99. The van der Waals surface area contributed by atoms with Crippen molar-refractivity contribution in [3.63, 3.8) is 0 Å². The minimum absolute atomic E-state index is 0.0242. The van der Waals surface area contributed by atoms with E-state index in [9.17, 15) is 4.79 Å². The highest BCUT2D eigenvalue weighted by molar-refractivity contribution is 5.99. The zero-order chi connectivity index (χ0) is 15.2. The second-order valence-corrected chi connectivity index (χ2v) is 4.89. The number of ketones is 1. The Morgan fingerprint density at radius 1 is 1.00 bits per heavy atom. The first-order valence-corrected chi connectivity index (χ1v) is 7.10. The van der Waals surface area contributed by atoms with Crippen molar-refractivity contribution >= 4 is 5.78 Å². The lowest BCUT2D eigenvalue weighted by Gasteiger charge is -2.14. The van der Waals surface area contributed by atoms with Gasteiger partial charge in [0.1, 0.15) is 11.5 Å². The SMILES string of the molecule is CCOc1ccc(OC(C)C(=O)c2ccc(C)cc2)cc1. The fourth-order valence-corrected chi connectivity index (χ4v) is 1.99. The van der Waals surface area contributed by atoms with Gasteiger partial charge in [-0.1, -0.05) is 29.8 Å². The van der Waals surface area contributed by atoms with E-state index in [2.05, 4.69) is 0 Å². The molecule has 0 saturated heterocycles. The fraction of sp³-hybridized carbons (Fsp3) is 0.278. The lowest BCUT2D eigenvalue weighted by molar-refractivity contribution is 0.0818. The molecule has 0 amide bonds. The van der Waals surface area contributed by atoms with Crippen LogP contribution in [0.4, 0.5) is 0 Å². The lowest BCUT2D eigenvalue weighted by Crippen LogP contribution is -2.23. The molecular weight excluding hydrogens is 264 g/mol. The maximum atomic E-state index is 12.3. The topological polar surface area (TPSA) is 35.5 Å². The quantitative estimate of drug-likeness (QED) is 0.751. The number of rotatable bonds is 6. The van der Waals surface area contributed by atoms with Crippen LogP contribution in [0, 0.1) is 6.92 Å². The number of ether oxygens (including phenoxy) is 2. The molecule has 0 aromatic heterocycles. The van der Waals surface area contributed by atoms with Gasteiger partial charge in [0.25, 0.3) is 0 Å². The summed E-state index contributed by atoms with van der Waals surface area (Å²) in [5.41, 5.74) is 1.80. The van der Waals surface area contributed by atoms with Crippen LogP contribution in [0.1, 0.15) is 29.8 Å². The number of hydrogen-bond acceptors (Lipinski definition) is 3. The van der Waals surface area contributed by atoms with E-state index in [1.807, 2.05) is 62.4 Å². The first-order chi connectivity index (χ1) is 10.1. The van der Waals surface area contributed by atoms with E-state index in [-0.39, 0.29) is 5.78 Å². The van der Waals surface area contributed by atoms with E-state index in [0.717, 1.165) is 11.3 Å². The van der Waals surface area contributed by atoms with Gasteiger partial charge in [0.05, 0.1) is 6.61 Å². The van der Waals surface area contributed by atoms with Crippen LogP contribution in [-0.4, -0.2) is 18.5 Å². The van der Waals surface area contributed by atoms with Crippen molar-refractivity contribution in [3.05, 3.63) is 59.7 Å². The van der Waals surface area contributed by atoms with Gasteiger partial charge in [0.2, 0.25) is 5.78 Å². The van der Waals surface area contributed by atoms with Crippen LogP contribution in [-0.2, 0) is 0 Å². The van der Waals surface area contributed by atoms with Gasteiger partial charge in [-0.3, -0.25) is 4.79 Å². The van der Waals surface area contributed by atoms with Crippen LogP contribution in [0.25, 0.3) is 0 Å². The zero-order valence-corrected chi connectivity index (χ0v) is 12.6. The van der Waals surface area contributed by atoms with E-state index >= 15 is 0 Å². The Balaban J connectivity index is 2.01. The number of aryl methyl sites for hydroxylation is 1. The molecule has 1 atom stereocenters. The van der Waals surface area contributed by atoms with Crippen LogP contribution < -0.4 is 9.47 Å². The summed E-state index contributed by atoms with van der Waals surface area (Å²) in [4.78, 5) is 12.3. The molecular formula is C18H20O3. The number of hydrogen-bond donors (Lipinski definition) is 0. The van der Waals surface area contributed by atoms with Crippen LogP contribution in [0.5, 0.6) is 11.5 Å². The summed E-state index contributed by atoms with van der Waals surface area (Å²) < 4.78 is 11.1. The Bertz CT molecular complexity index is 585. The second-order valence-electron chi connectivity index (χ2n) is 4.89. The Morgan fingerprint density at radius 2 is 1.57 bits per heavy atom. The van der Waals surface area contributed by atoms with Crippen LogP contribution in [0.2, 0.25) is 0 Å². The van der Waals surface area contributed by atoms with Crippen molar-refractivity contribution < 1.29 is 14.3 Å². The van der Waals surface area contributed by atoms with Crippen LogP contribution >= 0.6 is 0 Å². The Labute approximate surface area is 125 Å². The molecule has 0 saturated carbocycles. The van der Waals surface area contributed by atoms with Gasteiger partial charge in [-0.05, 0) is 45.0 Å². The molecule has 0 radical (unpaired) electrons. The molecule has 2 rings (SSSR count). The monoisotopic (exact) mass is 284 g/mol. The average Bonchev–Trinajstić information content (AvgIpc) is 2.49. The summed E-state index contributed by atoms with van der Waals surface area (Å²) in [5, 5.41) is 0. The minimum Gasteiger partial charge on any atom is -0.494 e. The van der Waals surface area contributed by atoms with Gasteiger partial charge in [-0.15, -0.1) is 0 Å². The van der Waals surface area contributed by atoms with Gasteiger partial charge in [-0.2, -0.15) is 0 Å². The molecule has 0 bridgehead atoms. The molecule has 0 aliphatic carbocycles. The third-order valence-electron chi connectivity index (χ3n) is 3.15. The Morgan fingerprint density at radius 3 is 2.14 bits per heavy atom. The molecule has 0 spiro atoms. The molecule has 0 fully saturated rings. The number of Topliss-reactive ketones (excluding diaryl/α,β-unsaturated/α-hetero) is 1. The molecule has 110 valence electrons. The Hall–Kier alpha value is -2.29. The van der Waals surface area contributed by atoms with Crippen molar-refractivity contribution in [2.24, 2.45) is 0 Å². The summed E-state index contributed by atoms with van der Waals surface area (Å²) >= 11 is 0. The highest BCUT2D eigenvalue weighted by Gasteiger charge is 2.16. The molecule has 0 aliphatic heterocycles. The molecule has 3 nitrogen and oxygen atoms in total. The summed E-state index contributed by atoms with van der Waals surface area (Å²) in [6.45, 7) is 6.32. The highest BCUT2D eigenvalue weighted by atomic mass is 16.5. The smallest absolute Gasteiger partial charge is 0.202 e. The number of benzene rings is 2. The molecule has 0 N–H and O–H groups in total. The van der Waals surface area contributed by atoms with Gasteiger partial charge in [0, 0.05) is 5.56 Å². The first kappa shape index (κ1) is 15.1. The van der Waals surface area contributed by atoms with Crippen LogP contribution in [0.15, 0.2) is 48.5 Å². The van der Waals surface area contributed by atoms with Gasteiger partial charge in [-0.25, -0.2) is 0 Å². The molecule has 0 aliphatic rings. The molecule has 2 aromatic rings. The highest BCUT2D eigenvalue weighted by Crippen LogP contribution is 2.19. The van der Waals surface area contributed by atoms with Crippen molar-refractivity contribution in [2.75, 3.05) is 6.61 Å². The van der Waals surface area contributed by atoms with Crippen LogP contribution in [0.3, 0.4) is 0 Å². The van der Waals surface area contributed by atoms with E-state index in [1.165, 1.54) is 0 Å². The number of carbonyl (C=O) groups excluding carboxylic acids is 1. The normalized spacial score (nSPS) is 11.8. The second kappa shape index (κ2) is 6.93. The van der Waals surface area contributed by atoms with Gasteiger partial charge in [0.15, 0.2) is 6.10 Å². The fourth-order valence-electron chi connectivity index (χ4n) is 1.99. The van der Waals surface area contributed by atoms with Crippen molar-refractivity contribution in [1.82, 2.24) is 0 Å². The number of carbonyl (C=O) groups is 1. The van der Waals surface area contributed by atoms with E-state index in [4.69, 9.17) is 9.47 Å². The summed E-state index contributed by atoms with van der Waals surface area (Å²) in [7, 11) is 0. The minimum atomic E-state index is -0.523. The first-order valence-electron chi connectivity index (χ1n) is 7.10. The summed E-state index contributed by atoms with van der Waals surface area (Å²) in [5.74, 6) is 1.43. The summed E-state index contributed by atoms with van der Waals surface area (Å²) in [6, 6.07) is 14.8. The third-order valence-corrected chi connectivity index (χ3v) is 3.15. The lowest BCUT2D eigenvalue weighted by atomic mass is 10.1. The third kappa shape index (κ3) is 4.09. The standard InChI is InChI=1S/C18H20O3/c1-4-20-16-9-11-17(12-10-16)21-14(3)18(19)15-7-5-13(2)6-8-15/h5-12,14H,4H2,1-3H3. The molecule has 1 unspecified atom stereocenters. The van der Waals surface area contributed by atoms with E-state index in [1.54, 1.807) is 6.92 Å². The average molecular weight is 284 g/mol.